The zero-order valence-electron chi connectivity index (χ0n) is 11.6. The van der Waals surface area contributed by atoms with Gasteiger partial charge in [-0.15, -0.1) is 0 Å². The van der Waals surface area contributed by atoms with Crippen molar-refractivity contribution < 1.29 is 31.2 Å². The highest BCUT2D eigenvalue weighted by molar-refractivity contribution is 7.90. The number of nitrogens with one attached hydrogen (secondary N) is 2. The molecular formula is C12H13F3N2O4S. The summed E-state index contributed by atoms with van der Waals surface area (Å²) in [5, 5.41) is 1.57. The fraction of sp³-hybridized carbons (Fsp3) is 0.333. The third kappa shape index (κ3) is 4.72. The monoisotopic (exact) mass is 338 g/mol. The molecule has 0 aromatic heterocycles. The van der Waals surface area contributed by atoms with E-state index in [0.717, 1.165) is 24.3 Å². The SMILES string of the molecule is CC(C)C(=O)NS(=O)(=O)c1ccc(NC(=O)C(F)(F)F)cc1. The molecule has 0 heterocycles. The van der Waals surface area contributed by atoms with Gasteiger partial charge in [-0.3, -0.25) is 9.59 Å². The summed E-state index contributed by atoms with van der Waals surface area (Å²) in [5.41, 5.74) is -0.225. The van der Waals surface area contributed by atoms with Gasteiger partial charge < -0.3 is 5.32 Å². The van der Waals surface area contributed by atoms with Crippen molar-refractivity contribution in [1.82, 2.24) is 4.72 Å². The molecule has 0 atom stereocenters. The van der Waals surface area contributed by atoms with E-state index >= 15 is 0 Å². The van der Waals surface area contributed by atoms with Gasteiger partial charge in [0.2, 0.25) is 5.91 Å². The molecular weight excluding hydrogens is 325 g/mol. The molecule has 0 unspecified atom stereocenters. The summed E-state index contributed by atoms with van der Waals surface area (Å²) >= 11 is 0. The van der Waals surface area contributed by atoms with Crippen LogP contribution in [-0.2, 0) is 19.6 Å². The highest BCUT2D eigenvalue weighted by Crippen LogP contribution is 2.19. The molecule has 1 rings (SSSR count). The van der Waals surface area contributed by atoms with Crippen molar-refractivity contribution in [1.29, 1.82) is 0 Å². The Balaban J connectivity index is 2.89. The quantitative estimate of drug-likeness (QED) is 0.873. The van der Waals surface area contributed by atoms with Crippen LogP contribution in [0, 0.1) is 5.92 Å². The molecule has 0 aliphatic rings. The van der Waals surface area contributed by atoms with E-state index in [1.807, 2.05) is 4.72 Å². The molecule has 0 spiro atoms. The molecule has 0 fully saturated rings. The first-order valence-corrected chi connectivity index (χ1v) is 7.46. The normalized spacial score (nSPS) is 12.1. The lowest BCUT2D eigenvalue weighted by Gasteiger charge is -2.10. The first-order valence-electron chi connectivity index (χ1n) is 5.98. The zero-order chi connectivity index (χ0) is 17.1. The maximum atomic E-state index is 12.1. The summed E-state index contributed by atoms with van der Waals surface area (Å²) in [7, 11) is -4.11. The van der Waals surface area contributed by atoms with Gasteiger partial charge in [-0.25, -0.2) is 13.1 Å². The van der Waals surface area contributed by atoms with E-state index in [-0.39, 0.29) is 10.6 Å². The minimum absolute atomic E-state index is 0.225. The predicted molar refractivity (Wildman–Crippen MR) is 71.3 cm³/mol. The van der Waals surface area contributed by atoms with Gasteiger partial charge in [-0.05, 0) is 24.3 Å². The van der Waals surface area contributed by atoms with E-state index in [4.69, 9.17) is 0 Å². The Morgan fingerprint density at radius 2 is 1.59 bits per heavy atom. The van der Waals surface area contributed by atoms with Crippen molar-refractivity contribution in [3.63, 3.8) is 0 Å². The van der Waals surface area contributed by atoms with Gasteiger partial charge in [-0.2, -0.15) is 13.2 Å². The first kappa shape index (κ1) is 18.0. The van der Waals surface area contributed by atoms with Crippen LogP contribution >= 0.6 is 0 Å². The third-order valence-electron chi connectivity index (χ3n) is 2.44. The van der Waals surface area contributed by atoms with Crippen molar-refractivity contribution in [3.8, 4) is 0 Å². The van der Waals surface area contributed by atoms with Gasteiger partial charge >= 0.3 is 12.1 Å². The van der Waals surface area contributed by atoms with Crippen molar-refractivity contribution in [2.24, 2.45) is 5.92 Å². The highest BCUT2D eigenvalue weighted by atomic mass is 32.2. The Bertz CT molecular complexity index is 667. The third-order valence-corrected chi connectivity index (χ3v) is 3.80. The van der Waals surface area contributed by atoms with Crippen molar-refractivity contribution >= 4 is 27.5 Å². The number of hydrogen-bond donors (Lipinski definition) is 2. The number of carbonyl (C=O) groups is 2. The molecule has 6 nitrogen and oxygen atoms in total. The standard InChI is InChI=1S/C12H13F3N2O4S/c1-7(2)10(18)17-22(20,21)9-5-3-8(4-6-9)16-11(19)12(13,14)15/h3-7H,1-2H3,(H,16,19)(H,17,18). The molecule has 0 saturated heterocycles. The smallest absolute Gasteiger partial charge is 0.318 e. The maximum absolute atomic E-state index is 12.1. The fourth-order valence-electron chi connectivity index (χ4n) is 1.23. The molecule has 0 saturated carbocycles. The Hall–Kier alpha value is -2.10. The molecule has 1 aromatic carbocycles. The lowest BCUT2D eigenvalue weighted by molar-refractivity contribution is -0.167. The summed E-state index contributed by atoms with van der Waals surface area (Å²) in [6.07, 6.45) is -5.05. The van der Waals surface area contributed by atoms with Crippen LogP contribution in [0.4, 0.5) is 18.9 Å². The number of carbonyl (C=O) groups excluding carboxylic acids is 2. The lowest BCUT2D eigenvalue weighted by Crippen LogP contribution is -2.33. The van der Waals surface area contributed by atoms with Gasteiger partial charge in [0, 0.05) is 11.6 Å². The van der Waals surface area contributed by atoms with Crippen LogP contribution in [0.25, 0.3) is 0 Å². The first-order chi connectivity index (χ1) is 9.93. The van der Waals surface area contributed by atoms with Crippen molar-refractivity contribution in [2.45, 2.75) is 24.9 Å². The van der Waals surface area contributed by atoms with E-state index in [0.29, 0.717) is 0 Å². The molecule has 2 N–H and O–H groups in total. The summed E-state index contributed by atoms with van der Waals surface area (Å²) in [5.74, 6) is -3.44. The molecule has 0 bridgehead atoms. The van der Waals surface area contributed by atoms with E-state index in [1.54, 1.807) is 5.32 Å². The van der Waals surface area contributed by atoms with Crippen LogP contribution in [-0.4, -0.2) is 26.4 Å². The molecule has 122 valence electrons. The van der Waals surface area contributed by atoms with Gasteiger partial charge in [0.25, 0.3) is 10.0 Å². The number of halogens is 3. The largest absolute Gasteiger partial charge is 0.471 e. The highest BCUT2D eigenvalue weighted by Gasteiger charge is 2.38. The summed E-state index contributed by atoms with van der Waals surface area (Å²) < 4.78 is 61.7. The number of hydrogen-bond acceptors (Lipinski definition) is 4. The second-order valence-electron chi connectivity index (χ2n) is 4.60. The van der Waals surface area contributed by atoms with Crippen molar-refractivity contribution in [3.05, 3.63) is 24.3 Å². The average molecular weight is 338 g/mol. The second-order valence-corrected chi connectivity index (χ2v) is 6.28. The van der Waals surface area contributed by atoms with Crippen LogP contribution in [0.1, 0.15) is 13.8 Å². The van der Waals surface area contributed by atoms with Crippen LogP contribution in [0.15, 0.2) is 29.2 Å². The Morgan fingerprint density at radius 1 is 1.09 bits per heavy atom. The van der Waals surface area contributed by atoms with Gasteiger partial charge in [0.15, 0.2) is 0 Å². The Labute approximate surface area is 124 Å². The minimum atomic E-state index is -5.05. The summed E-state index contributed by atoms with van der Waals surface area (Å²) in [6, 6.07) is 3.92. The zero-order valence-corrected chi connectivity index (χ0v) is 12.4. The summed E-state index contributed by atoms with van der Waals surface area (Å²) in [6.45, 7) is 3.00. The van der Waals surface area contributed by atoms with Crippen LogP contribution in [0.2, 0.25) is 0 Å². The molecule has 22 heavy (non-hydrogen) atoms. The number of benzene rings is 1. The van der Waals surface area contributed by atoms with E-state index in [9.17, 15) is 31.2 Å². The number of amides is 2. The average Bonchev–Trinajstić information content (AvgIpc) is 2.37. The number of sulfonamides is 1. The minimum Gasteiger partial charge on any atom is -0.318 e. The van der Waals surface area contributed by atoms with Gasteiger partial charge in [0.05, 0.1) is 4.90 Å². The molecule has 0 aliphatic heterocycles. The van der Waals surface area contributed by atoms with Gasteiger partial charge in [0.1, 0.15) is 0 Å². The van der Waals surface area contributed by atoms with E-state index in [2.05, 4.69) is 0 Å². The second kappa shape index (κ2) is 6.34. The topological polar surface area (TPSA) is 92.3 Å². The van der Waals surface area contributed by atoms with Crippen LogP contribution in [0.5, 0.6) is 0 Å². The van der Waals surface area contributed by atoms with E-state index in [1.165, 1.54) is 13.8 Å². The van der Waals surface area contributed by atoms with Crippen molar-refractivity contribution in [2.75, 3.05) is 5.32 Å². The predicted octanol–water partition coefficient (Wildman–Crippen LogP) is 1.65. The molecule has 2 amide bonds. The molecule has 0 radical (unpaired) electrons. The Morgan fingerprint density at radius 3 is 2.00 bits per heavy atom. The fourth-order valence-corrected chi connectivity index (χ4v) is 2.34. The van der Waals surface area contributed by atoms with Crippen LogP contribution in [0.3, 0.4) is 0 Å². The van der Waals surface area contributed by atoms with E-state index < -0.39 is 33.9 Å². The maximum Gasteiger partial charge on any atom is 0.471 e. The Kier molecular flexibility index (Phi) is 5.17. The lowest BCUT2D eigenvalue weighted by atomic mass is 10.2. The summed E-state index contributed by atoms with van der Waals surface area (Å²) in [4.78, 5) is 21.8. The number of rotatable bonds is 4. The number of anilines is 1. The molecule has 10 heteroatoms. The molecule has 1 aromatic rings. The molecule has 0 aliphatic carbocycles. The van der Waals surface area contributed by atoms with Gasteiger partial charge in [-0.1, -0.05) is 13.8 Å². The number of alkyl halides is 3. The van der Waals surface area contributed by atoms with Crippen LogP contribution < -0.4 is 10.0 Å².